The molecule has 0 fully saturated rings. The van der Waals surface area contributed by atoms with E-state index in [4.69, 9.17) is 16.3 Å². The fraction of sp³-hybridized carbons (Fsp3) is 0.175. The number of anilines is 4. The number of amides is 12. The van der Waals surface area contributed by atoms with Gasteiger partial charge in [0, 0.05) is 39.4 Å². The summed E-state index contributed by atoms with van der Waals surface area (Å²) in [6.45, 7) is 7.59. The Kier molecular flexibility index (Phi) is 27.7. The van der Waals surface area contributed by atoms with Crippen LogP contribution in [0, 0.1) is 0 Å². The van der Waals surface area contributed by atoms with Crippen LogP contribution in [-0.2, 0) is 31.5 Å². The standard InChI is InChI=1S/C17H14N4O4S2.C17H16N2O5S.C16H13ClN4O4S.C13H10F3N3O4S2/c1-2-25-17(24)21-13(22)10-6-8-26-15(10)20-14(23)12-9-27-16(19-12)11-5-3-4-7-18-11;1-2-23-17(22)19-15(21)12-6-8-25-16(12)18-14(20)11-3-4-13-10(9-11)5-7-24-13;1-2-25-16(24)19-13(22)10-5-6-26-15(10)18-14(23)12-9-4-3-8(17)7-11(9)20-21-12;1-2-23-12(22)19-8(20)6-3-4-24-10(6)18-9(21)7-5-25-11(17-7)13(14,15)16/h3-9H,2H2,1H3,(H,20,23)(H,21,22,24);3-4,6,8-9H,2,5,7H2,1H3,(H,18,20)(H,19,21,22);3-7H,2H2,1H3,(H,18,23)(H,20,21)(H,19,22,24);3-5H,2H2,1H3,(H,18,21)(H,19,20,22). The van der Waals surface area contributed by atoms with Crippen molar-refractivity contribution in [1.29, 1.82) is 0 Å². The number of rotatable bonds is 17. The number of nitrogens with one attached hydrogen (secondary N) is 9. The van der Waals surface area contributed by atoms with Gasteiger partial charge in [-0.1, -0.05) is 17.7 Å². The molecule has 12 amide bonds. The van der Waals surface area contributed by atoms with E-state index in [1.807, 2.05) is 11.4 Å². The van der Waals surface area contributed by atoms with E-state index in [0.717, 1.165) is 57.1 Å². The first-order chi connectivity index (χ1) is 49.4. The van der Waals surface area contributed by atoms with Gasteiger partial charge in [-0.2, -0.15) is 18.3 Å². The second-order valence-electron chi connectivity index (χ2n) is 19.6. The second kappa shape index (κ2) is 36.8. The predicted octanol–water partition coefficient (Wildman–Crippen LogP) is 13.0. The summed E-state index contributed by atoms with van der Waals surface area (Å²) in [4.78, 5) is 155. The number of hydrogen-bond acceptors (Lipinski definition) is 27. The van der Waals surface area contributed by atoms with E-state index in [1.54, 1.807) is 104 Å². The average molecular weight is 1550 g/mol. The number of carbonyl (C=O) groups excluding carboxylic acids is 12. The number of halogens is 4. The van der Waals surface area contributed by atoms with Crippen LogP contribution in [0.4, 0.5) is 52.4 Å². The first kappa shape index (κ1) is 77.4. The van der Waals surface area contributed by atoms with Crippen molar-refractivity contribution in [3.63, 3.8) is 0 Å². The molecule has 9 heterocycles. The summed E-state index contributed by atoms with van der Waals surface area (Å²) >= 11 is 12.0. The number of alkyl carbamates (subject to hydrolysis) is 4. The Morgan fingerprint density at radius 2 is 0.981 bits per heavy atom. The highest BCUT2D eigenvalue weighted by atomic mass is 35.5. The zero-order valence-electron chi connectivity index (χ0n) is 53.5. The van der Waals surface area contributed by atoms with Gasteiger partial charge in [0.25, 0.3) is 47.3 Å². The largest absolute Gasteiger partial charge is 0.493 e. The third-order valence-electron chi connectivity index (χ3n) is 12.8. The molecule has 0 radical (unpaired) electrons. The van der Waals surface area contributed by atoms with E-state index in [1.165, 1.54) is 52.3 Å². The van der Waals surface area contributed by atoms with Crippen LogP contribution in [0.5, 0.6) is 5.75 Å². The lowest BCUT2D eigenvalue weighted by atomic mass is 10.1. The summed E-state index contributed by atoms with van der Waals surface area (Å²) in [7, 11) is 0. The van der Waals surface area contributed by atoms with Crippen molar-refractivity contribution in [3.8, 4) is 16.5 Å². The van der Waals surface area contributed by atoms with E-state index in [0.29, 0.717) is 53.8 Å². The molecule has 536 valence electrons. The number of thiazole rings is 2. The number of aromatic nitrogens is 5. The number of thiophene rings is 4. The number of fused-ring (bicyclic) bond motifs is 2. The Hall–Kier alpha value is -11.4. The minimum Gasteiger partial charge on any atom is -0.493 e. The van der Waals surface area contributed by atoms with Gasteiger partial charge >= 0.3 is 30.5 Å². The maximum Gasteiger partial charge on any atom is 0.443 e. The minimum atomic E-state index is -4.64. The van der Waals surface area contributed by atoms with Gasteiger partial charge in [-0.15, -0.1) is 68.0 Å². The summed E-state index contributed by atoms with van der Waals surface area (Å²) in [6.07, 6.45) is -5.70. The smallest absolute Gasteiger partial charge is 0.443 e. The molecule has 11 rings (SSSR count). The maximum atomic E-state index is 12.5. The number of benzene rings is 2. The number of hydrogen-bond donors (Lipinski definition) is 9. The third-order valence-corrected chi connectivity index (χ3v) is 18.1. The molecule has 8 aromatic heterocycles. The Bertz CT molecular complexity index is 4780. The number of aromatic amines is 1. The zero-order chi connectivity index (χ0) is 74.3. The SMILES string of the molecule is CCOC(=O)NC(=O)c1ccsc1NC(=O)c1ccc2c(c1)CCO2.CCOC(=O)NC(=O)c1ccsc1NC(=O)c1csc(-c2ccccn2)n1.CCOC(=O)NC(=O)c1ccsc1NC(=O)c1csc(C(F)(F)F)n1.CCOC(=O)NC(=O)c1ccsc1NC(=O)c1n[nH]c2cc(Cl)ccc12. The van der Waals surface area contributed by atoms with Crippen molar-refractivity contribution in [2.45, 2.75) is 40.3 Å². The zero-order valence-corrected chi connectivity index (χ0v) is 59.1. The van der Waals surface area contributed by atoms with Gasteiger partial charge in [0.05, 0.1) is 66.5 Å². The molecule has 10 aromatic rings. The minimum absolute atomic E-state index is 0.0299. The second-order valence-corrected chi connectivity index (χ2v) is 25.5. The molecule has 0 saturated carbocycles. The van der Waals surface area contributed by atoms with Gasteiger partial charge in [0.2, 0.25) is 0 Å². The number of alkyl halides is 3. The Morgan fingerprint density at radius 1 is 0.524 bits per heavy atom. The van der Waals surface area contributed by atoms with Crippen LogP contribution in [0.1, 0.15) is 122 Å². The van der Waals surface area contributed by atoms with Crippen molar-refractivity contribution in [3.05, 3.63) is 178 Å². The topological polar surface area (TPSA) is 415 Å². The Morgan fingerprint density at radius 3 is 1.43 bits per heavy atom. The monoisotopic (exact) mass is 1550 g/mol. The number of ether oxygens (including phenoxy) is 5. The lowest BCUT2D eigenvalue weighted by Gasteiger charge is -2.08. The summed E-state index contributed by atoms with van der Waals surface area (Å²) in [6, 6.07) is 21.5. The van der Waals surface area contributed by atoms with Crippen molar-refractivity contribution in [2.24, 2.45) is 0 Å². The van der Waals surface area contributed by atoms with Crippen LogP contribution in [0.15, 0.2) is 117 Å². The number of H-pyrrole nitrogens is 1. The Labute approximate surface area is 608 Å². The molecule has 2 aromatic carbocycles. The van der Waals surface area contributed by atoms with Crippen molar-refractivity contribution < 1.29 is 94.4 Å². The van der Waals surface area contributed by atoms with Gasteiger partial charge in [-0.3, -0.25) is 69.7 Å². The quantitative estimate of drug-likeness (QED) is 0.0382. The lowest BCUT2D eigenvalue weighted by molar-refractivity contribution is -0.137. The molecule has 103 heavy (non-hydrogen) atoms. The van der Waals surface area contributed by atoms with E-state index in [-0.39, 0.29) is 82.3 Å². The van der Waals surface area contributed by atoms with E-state index in [9.17, 15) is 70.7 Å². The first-order valence-corrected chi connectivity index (χ1v) is 35.3. The maximum absolute atomic E-state index is 12.5. The van der Waals surface area contributed by atoms with Crippen LogP contribution < -0.4 is 47.3 Å². The molecule has 40 heteroatoms. The lowest BCUT2D eigenvalue weighted by Crippen LogP contribution is -2.31. The molecular formula is C63H53ClF3N13O17S6. The molecule has 9 N–H and O–H groups in total. The molecule has 0 unspecified atom stereocenters. The highest BCUT2D eigenvalue weighted by molar-refractivity contribution is 7.16. The highest BCUT2D eigenvalue weighted by Crippen LogP contribution is 2.34. The number of carbonyl (C=O) groups is 12. The van der Waals surface area contributed by atoms with Gasteiger partial charge in [-0.05, 0) is 128 Å². The molecule has 0 saturated heterocycles. The molecule has 0 bridgehead atoms. The van der Waals surface area contributed by atoms with Crippen LogP contribution in [-0.4, -0.2) is 130 Å². The van der Waals surface area contributed by atoms with Gasteiger partial charge in [-0.25, -0.2) is 29.1 Å². The van der Waals surface area contributed by atoms with E-state index in [2.05, 4.69) is 81.3 Å². The summed E-state index contributed by atoms with van der Waals surface area (Å²) < 4.78 is 61.6. The molecule has 30 nitrogen and oxygen atoms in total. The van der Waals surface area contributed by atoms with Gasteiger partial charge in [0.15, 0.2) is 10.7 Å². The van der Waals surface area contributed by atoms with Gasteiger partial charge < -0.3 is 45.0 Å². The molecule has 0 atom stereocenters. The number of imide groups is 4. The summed E-state index contributed by atoms with van der Waals surface area (Å²) in [5.74, 6) is -4.16. The first-order valence-electron chi connectivity index (χ1n) is 29.6. The fourth-order valence-electron chi connectivity index (χ4n) is 8.31. The molecular weight excluding hydrogens is 1500 g/mol. The van der Waals surface area contributed by atoms with Crippen molar-refractivity contribution >= 4 is 182 Å². The summed E-state index contributed by atoms with van der Waals surface area (Å²) in [5, 5.41) is 35.9. The highest BCUT2D eigenvalue weighted by Gasteiger charge is 2.36. The van der Waals surface area contributed by atoms with E-state index < -0.39 is 82.6 Å². The van der Waals surface area contributed by atoms with Crippen LogP contribution in [0.2, 0.25) is 5.02 Å². The fourth-order valence-corrected chi connectivity index (χ4v) is 13.0. The van der Waals surface area contributed by atoms with Crippen LogP contribution in [0.25, 0.3) is 21.6 Å². The number of pyridine rings is 1. The van der Waals surface area contributed by atoms with Crippen LogP contribution in [0.3, 0.4) is 0 Å². The van der Waals surface area contributed by atoms with Crippen molar-refractivity contribution in [2.75, 3.05) is 54.3 Å². The van der Waals surface area contributed by atoms with Gasteiger partial charge in [0.1, 0.15) is 42.1 Å². The normalized spacial score (nSPS) is 11.0. The van der Waals surface area contributed by atoms with Crippen LogP contribution >= 0.6 is 79.6 Å². The summed E-state index contributed by atoms with van der Waals surface area (Å²) in [5.41, 5.74) is 3.21. The molecule has 0 spiro atoms. The van der Waals surface area contributed by atoms with E-state index >= 15 is 0 Å². The Balaban J connectivity index is 0.000000174. The average Bonchev–Trinajstić information content (AvgIpc) is 1.72. The molecule has 1 aliphatic heterocycles. The third kappa shape index (κ3) is 21.6. The predicted molar refractivity (Wildman–Crippen MR) is 376 cm³/mol. The van der Waals surface area contributed by atoms with Crippen molar-refractivity contribution in [1.82, 2.24) is 46.4 Å². The molecule has 0 aliphatic carbocycles. The number of nitrogens with zero attached hydrogens (tertiary/aromatic N) is 4. The molecule has 1 aliphatic rings.